The number of hydrogen-bond donors (Lipinski definition) is 0. The van der Waals surface area contributed by atoms with Crippen LogP contribution in [0, 0.1) is 0 Å². The van der Waals surface area contributed by atoms with Gasteiger partial charge in [0.15, 0.2) is 0 Å². The molecule has 3 rings (SSSR count). The monoisotopic (exact) mass is 233 g/mol. The SMILES string of the molecule is FC1(Cc2cnc3c(c2)CCC3)CCCCC1. The van der Waals surface area contributed by atoms with Crippen molar-refractivity contribution in [3.63, 3.8) is 0 Å². The van der Waals surface area contributed by atoms with Gasteiger partial charge in [-0.1, -0.05) is 25.3 Å². The van der Waals surface area contributed by atoms with Gasteiger partial charge in [-0.05, 0) is 43.2 Å². The van der Waals surface area contributed by atoms with Crippen LogP contribution in [0.2, 0.25) is 0 Å². The summed E-state index contributed by atoms with van der Waals surface area (Å²) < 4.78 is 14.6. The second-order valence-corrected chi connectivity index (χ2v) is 5.69. The van der Waals surface area contributed by atoms with E-state index in [0.29, 0.717) is 6.42 Å². The number of aromatic nitrogens is 1. The summed E-state index contributed by atoms with van der Waals surface area (Å²) in [7, 11) is 0. The zero-order chi connectivity index (χ0) is 11.7. The second-order valence-electron chi connectivity index (χ2n) is 5.69. The molecule has 2 aliphatic rings. The summed E-state index contributed by atoms with van der Waals surface area (Å²) in [6.07, 6.45) is 10.7. The highest BCUT2D eigenvalue weighted by Crippen LogP contribution is 2.35. The molecule has 17 heavy (non-hydrogen) atoms. The number of rotatable bonds is 2. The molecule has 0 aliphatic heterocycles. The van der Waals surface area contributed by atoms with Crippen LogP contribution in [0.5, 0.6) is 0 Å². The molecule has 0 radical (unpaired) electrons. The lowest BCUT2D eigenvalue weighted by Crippen LogP contribution is -2.28. The van der Waals surface area contributed by atoms with E-state index in [1.165, 1.54) is 24.1 Å². The lowest BCUT2D eigenvalue weighted by molar-refractivity contribution is 0.107. The Morgan fingerprint density at radius 3 is 2.76 bits per heavy atom. The molecule has 1 saturated carbocycles. The first-order valence-electron chi connectivity index (χ1n) is 6.91. The van der Waals surface area contributed by atoms with Crippen LogP contribution in [-0.4, -0.2) is 10.7 Å². The molecule has 0 saturated heterocycles. The molecule has 1 heterocycles. The third kappa shape index (κ3) is 2.36. The summed E-state index contributed by atoms with van der Waals surface area (Å²) >= 11 is 0. The van der Waals surface area contributed by atoms with Crippen LogP contribution in [0.1, 0.15) is 55.3 Å². The average molecular weight is 233 g/mol. The van der Waals surface area contributed by atoms with Crippen molar-refractivity contribution >= 4 is 0 Å². The lowest BCUT2D eigenvalue weighted by Gasteiger charge is -2.29. The van der Waals surface area contributed by atoms with E-state index in [1.807, 2.05) is 6.20 Å². The molecule has 0 spiro atoms. The highest BCUT2D eigenvalue weighted by Gasteiger charge is 2.32. The Morgan fingerprint density at radius 2 is 1.94 bits per heavy atom. The van der Waals surface area contributed by atoms with Crippen LogP contribution >= 0.6 is 0 Å². The van der Waals surface area contributed by atoms with Crippen molar-refractivity contribution in [1.82, 2.24) is 4.98 Å². The minimum Gasteiger partial charge on any atom is -0.261 e. The zero-order valence-corrected chi connectivity index (χ0v) is 10.3. The zero-order valence-electron chi connectivity index (χ0n) is 10.3. The van der Waals surface area contributed by atoms with Gasteiger partial charge in [-0.3, -0.25) is 4.98 Å². The van der Waals surface area contributed by atoms with Gasteiger partial charge in [0.05, 0.1) is 0 Å². The quantitative estimate of drug-likeness (QED) is 0.757. The number of hydrogen-bond acceptors (Lipinski definition) is 1. The van der Waals surface area contributed by atoms with E-state index < -0.39 is 5.67 Å². The molecule has 0 aromatic carbocycles. The molecule has 0 bridgehead atoms. The standard InChI is InChI=1S/C15H20FN/c16-15(7-2-1-3-8-15)10-12-9-13-5-4-6-14(13)17-11-12/h9,11H,1-8,10H2. The van der Waals surface area contributed by atoms with Crippen LogP contribution in [0.4, 0.5) is 4.39 Å². The summed E-state index contributed by atoms with van der Waals surface area (Å²) in [5, 5.41) is 0. The van der Waals surface area contributed by atoms with Gasteiger partial charge in [0.2, 0.25) is 0 Å². The van der Waals surface area contributed by atoms with Crippen LogP contribution in [0.25, 0.3) is 0 Å². The minimum absolute atomic E-state index is 0.577. The fourth-order valence-corrected chi connectivity index (χ4v) is 3.30. The third-order valence-corrected chi connectivity index (χ3v) is 4.25. The Bertz CT molecular complexity index is 407. The molecule has 0 atom stereocenters. The Balaban J connectivity index is 1.76. The average Bonchev–Trinajstić information content (AvgIpc) is 2.76. The first-order chi connectivity index (χ1) is 8.25. The van der Waals surface area contributed by atoms with Crippen LogP contribution in [0.15, 0.2) is 12.3 Å². The molecule has 0 N–H and O–H groups in total. The third-order valence-electron chi connectivity index (χ3n) is 4.25. The maximum absolute atomic E-state index is 14.6. The molecule has 1 fully saturated rings. The lowest BCUT2D eigenvalue weighted by atomic mass is 9.82. The Morgan fingerprint density at radius 1 is 1.12 bits per heavy atom. The van der Waals surface area contributed by atoms with E-state index in [1.54, 1.807) is 0 Å². The van der Waals surface area contributed by atoms with Crippen LogP contribution in [-0.2, 0) is 19.3 Å². The fraction of sp³-hybridized carbons (Fsp3) is 0.667. The van der Waals surface area contributed by atoms with E-state index in [9.17, 15) is 4.39 Å². The fourth-order valence-electron chi connectivity index (χ4n) is 3.30. The first-order valence-corrected chi connectivity index (χ1v) is 6.91. The molecular weight excluding hydrogens is 213 g/mol. The van der Waals surface area contributed by atoms with Gasteiger partial charge in [-0.2, -0.15) is 0 Å². The van der Waals surface area contributed by atoms with Gasteiger partial charge in [0, 0.05) is 18.3 Å². The Kier molecular flexibility index (Phi) is 2.89. The predicted octanol–water partition coefficient (Wildman–Crippen LogP) is 3.79. The van der Waals surface area contributed by atoms with Crippen molar-refractivity contribution in [2.75, 3.05) is 0 Å². The predicted molar refractivity (Wildman–Crippen MR) is 66.9 cm³/mol. The van der Waals surface area contributed by atoms with Gasteiger partial charge in [-0.15, -0.1) is 0 Å². The maximum atomic E-state index is 14.6. The van der Waals surface area contributed by atoms with E-state index in [-0.39, 0.29) is 0 Å². The molecular formula is C15H20FN. The molecule has 92 valence electrons. The van der Waals surface area contributed by atoms with Gasteiger partial charge in [0.25, 0.3) is 0 Å². The largest absolute Gasteiger partial charge is 0.261 e. The molecule has 0 unspecified atom stereocenters. The van der Waals surface area contributed by atoms with Gasteiger partial charge >= 0.3 is 0 Å². The molecule has 0 amide bonds. The van der Waals surface area contributed by atoms with E-state index in [0.717, 1.165) is 44.1 Å². The number of aryl methyl sites for hydroxylation is 2. The van der Waals surface area contributed by atoms with Crippen LogP contribution < -0.4 is 0 Å². The van der Waals surface area contributed by atoms with Crippen molar-refractivity contribution in [1.29, 1.82) is 0 Å². The van der Waals surface area contributed by atoms with Crippen molar-refractivity contribution in [3.05, 3.63) is 29.1 Å². The first kappa shape index (κ1) is 11.2. The molecule has 1 aromatic rings. The van der Waals surface area contributed by atoms with Gasteiger partial charge < -0.3 is 0 Å². The number of halogens is 1. The number of fused-ring (bicyclic) bond motifs is 1. The summed E-state index contributed by atoms with van der Waals surface area (Å²) in [4.78, 5) is 4.49. The smallest absolute Gasteiger partial charge is 0.115 e. The van der Waals surface area contributed by atoms with E-state index in [2.05, 4.69) is 11.1 Å². The van der Waals surface area contributed by atoms with Crippen molar-refractivity contribution < 1.29 is 4.39 Å². The second kappa shape index (κ2) is 4.40. The molecule has 2 aliphatic carbocycles. The number of nitrogens with zero attached hydrogens (tertiary/aromatic N) is 1. The molecule has 2 heteroatoms. The van der Waals surface area contributed by atoms with Crippen molar-refractivity contribution in [3.8, 4) is 0 Å². The van der Waals surface area contributed by atoms with Crippen LogP contribution in [0.3, 0.4) is 0 Å². The topological polar surface area (TPSA) is 12.9 Å². The molecule has 1 aromatic heterocycles. The summed E-state index contributed by atoms with van der Waals surface area (Å²) in [6.45, 7) is 0. The summed E-state index contributed by atoms with van der Waals surface area (Å²) in [5.41, 5.74) is 2.76. The highest BCUT2D eigenvalue weighted by atomic mass is 19.1. The highest BCUT2D eigenvalue weighted by molar-refractivity contribution is 5.29. The Hall–Kier alpha value is -0.920. The minimum atomic E-state index is -0.952. The summed E-state index contributed by atoms with van der Waals surface area (Å²) in [5.74, 6) is 0. The number of pyridine rings is 1. The van der Waals surface area contributed by atoms with Gasteiger partial charge in [-0.25, -0.2) is 4.39 Å². The number of alkyl halides is 1. The summed E-state index contributed by atoms with van der Waals surface area (Å²) in [6, 6.07) is 2.20. The van der Waals surface area contributed by atoms with Crippen molar-refractivity contribution in [2.24, 2.45) is 0 Å². The van der Waals surface area contributed by atoms with E-state index >= 15 is 0 Å². The van der Waals surface area contributed by atoms with Gasteiger partial charge in [0.1, 0.15) is 5.67 Å². The van der Waals surface area contributed by atoms with E-state index in [4.69, 9.17) is 0 Å². The molecule has 1 nitrogen and oxygen atoms in total. The van der Waals surface area contributed by atoms with Crippen molar-refractivity contribution in [2.45, 2.75) is 63.5 Å². The Labute approximate surface area is 102 Å². The normalized spacial score (nSPS) is 22.4. The maximum Gasteiger partial charge on any atom is 0.115 e.